The third-order valence-corrected chi connectivity index (χ3v) is 5.51. The fourth-order valence-corrected chi connectivity index (χ4v) is 4.34. The Morgan fingerprint density at radius 2 is 2.09 bits per heavy atom. The minimum atomic E-state index is 0. The smallest absolute Gasteiger partial charge is 0.241 e. The zero-order valence-electron chi connectivity index (χ0n) is 13.5. The number of piperidine rings is 1. The molecule has 0 aromatic heterocycles. The first kappa shape index (κ1) is 16.7. The van der Waals surface area contributed by atoms with Gasteiger partial charge in [0.05, 0.1) is 6.54 Å². The fraction of sp³-hybridized carbons (Fsp3) is 0.611. The van der Waals surface area contributed by atoms with Gasteiger partial charge in [-0.1, -0.05) is 18.2 Å². The molecule has 1 N–H and O–H groups in total. The van der Waals surface area contributed by atoms with E-state index in [1.165, 1.54) is 18.4 Å². The number of carbonyl (C=O) groups is 1. The summed E-state index contributed by atoms with van der Waals surface area (Å²) in [5.74, 6) is 1.02. The number of para-hydroxylation sites is 1. The maximum atomic E-state index is 12.8. The van der Waals surface area contributed by atoms with Gasteiger partial charge in [-0.25, -0.2) is 0 Å². The highest BCUT2D eigenvalue weighted by Gasteiger charge is 2.34. The molecule has 4 rings (SSSR count). The van der Waals surface area contributed by atoms with Crippen LogP contribution in [-0.2, 0) is 11.2 Å². The van der Waals surface area contributed by atoms with Crippen LogP contribution in [0.2, 0.25) is 0 Å². The van der Waals surface area contributed by atoms with E-state index in [0.29, 0.717) is 12.6 Å². The number of fused-ring (bicyclic) bond motifs is 2. The van der Waals surface area contributed by atoms with E-state index in [-0.39, 0.29) is 18.3 Å². The SMILES string of the molecule is Cl.O=C(CN1CCC2NCCC2C1)N1CCCc2ccccc21. The molecule has 23 heavy (non-hydrogen) atoms. The number of benzene rings is 1. The first-order chi connectivity index (χ1) is 10.8. The lowest BCUT2D eigenvalue weighted by Crippen LogP contribution is -2.49. The number of hydrogen-bond donors (Lipinski definition) is 1. The monoisotopic (exact) mass is 335 g/mol. The zero-order chi connectivity index (χ0) is 14.9. The van der Waals surface area contributed by atoms with Crippen molar-refractivity contribution < 1.29 is 4.79 Å². The van der Waals surface area contributed by atoms with Crippen molar-refractivity contribution in [1.29, 1.82) is 0 Å². The van der Waals surface area contributed by atoms with E-state index in [1.807, 2.05) is 11.0 Å². The van der Waals surface area contributed by atoms with Crippen LogP contribution < -0.4 is 10.2 Å². The second kappa shape index (κ2) is 7.20. The summed E-state index contributed by atoms with van der Waals surface area (Å²) in [5, 5.41) is 3.59. The Hall–Kier alpha value is -1.10. The predicted octanol–water partition coefficient (Wildman–Crippen LogP) is 2.07. The summed E-state index contributed by atoms with van der Waals surface area (Å²) in [6.45, 7) is 4.74. The number of aryl methyl sites for hydroxylation is 1. The summed E-state index contributed by atoms with van der Waals surface area (Å²) in [5.41, 5.74) is 2.46. The minimum absolute atomic E-state index is 0. The first-order valence-corrected chi connectivity index (χ1v) is 8.65. The molecular weight excluding hydrogens is 310 g/mol. The van der Waals surface area contributed by atoms with Crippen LogP contribution in [0, 0.1) is 5.92 Å². The number of anilines is 1. The van der Waals surface area contributed by atoms with Crippen LogP contribution in [-0.4, -0.2) is 49.6 Å². The molecule has 2 fully saturated rings. The Morgan fingerprint density at radius 1 is 1.22 bits per heavy atom. The predicted molar refractivity (Wildman–Crippen MR) is 95.3 cm³/mol. The summed E-state index contributed by atoms with van der Waals surface area (Å²) >= 11 is 0. The van der Waals surface area contributed by atoms with Gasteiger partial charge in [-0.2, -0.15) is 0 Å². The highest BCUT2D eigenvalue weighted by atomic mass is 35.5. The van der Waals surface area contributed by atoms with Gasteiger partial charge in [0.2, 0.25) is 5.91 Å². The molecule has 2 saturated heterocycles. The molecule has 126 valence electrons. The third-order valence-electron chi connectivity index (χ3n) is 5.51. The zero-order valence-corrected chi connectivity index (χ0v) is 14.4. The number of hydrogen-bond acceptors (Lipinski definition) is 3. The molecule has 1 amide bonds. The van der Waals surface area contributed by atoms with Crippen molar-refractivity contribution in [2.45, 2.75) is 31.7 Å². The maximum absolute atomic E-state index is 12.8. The van der Waals surface area contributed by atoms with Gasteiger partial charge in [0.15, 0.2) is 0 Å². The first-order valence-electron chi connectivity index (χ1n) is 8.65. The number of carbonyl (C=O) groups excluding carboxylic acids is 1. The lowest BCUT2D eigenvalue weighted by Gasteiger charge is -2.36. The molecule has 0 aliphatic carbocycles. The molecule has 3 aliphatic rings. The van der Waals surface area contributed by atoms with Crippen LogP contribution in [0.25, 0.3) is 0 Å². The van der Waals surface area contributed by atoms with E-state index < -0.39 is 0 Å². The van der Waals surface area contributed by atoms with Gasteiger partial charge in [0.25, 0.3) is 0 Å². The van der Waals surface area contributed by atoms with Gasteiger partial charge in [-0.15, -0.1) is 12.4 Å². The highest BCUT2D eigenvalue weighted by molar-refractivity contribution is 5.95. The molecule has 2 atom stereocenters. The van der Waals surface area contributed by atoms with E-state index in [4.69, 9.17) is 0 Å². The van der Waals surface area contributed by atoms with E-state index in [0.717, 1.165) is 50.6 Å². The molecular formula is C18H26ClN3O. The molecule has 1 aromatic carbocycles. The Morgan fingerprint density at radius 3 is 3.00 bits per heavy atom. The summed E-state index contributed by atoms with van der Waals surface area (Å²) in [7, 11) is 0. The molecule has 3 heterocycles. The normalized spacial score (nSPS) is 27.0. The van der Waals surface area contributed by atoms with Crippen molar-refractivity contribution in [3.05, 3.63) is 29.8 Å². The number of nitrogens with one attached hydrogen (secondary N) is 1. The van der Waals surface area contributed by atoms with E-state index in [9.17, 15) is 4.79 Å². The van der Waals surface area contributed by atoms with Crippen LogP contribution in [0.3, 0.4) is 0 Å². The van der Waals surface area contributed by atoms with Crippen LogP contribution in [0.5, 0.6) is 0 Å². The molecule has 5 heteroatoms. The number of halogens is 1. The molecule has 4 nitrogen and oxygen atoms in total. The standard InChI is InChI=1S/C18H25N3O.ClH/c22-18(13-20-11-8-16-15(12-20)7-9-19-16)21-10-3-5-14-4-1-2-6-17(14)21;/h1-2,4,6,15-16,19H,3,5,7-13H2;1H. The number of nitrogens with zero attached hydrogens (tertiary/aromatic N) is 2. The van der Waals surface area contributed by atoms with Crippen molar-refractivity contribution in [3.63, 3.8) is 0 Å². The van der Waals surface area contributed by atoms with Crippen LogP contribution in [0.15, 0.2) is 24.3 Å². The van der Waals surface area contributed by atoms with E-state index in [1.54, 1.807) is 0 Å². The van der Waals surface area contributed by atoms with E-state index in [2.05, 4.69) is 28.4 Å². The lowest BCUT2D eigenvalue weighted by atomic mass is 9.93. The second-order valence-corrected chi connectivity index (χ2v) is 6.91. The second-order valence-electron chi connectivity index (χ2n) is 6.91. The summed E-state index contributed by atoms with van der Waals surface area (Å²) in [6, 6.07) is 9.07. The quantitative estimate of drug-likeness (QED) is 0.898. The lowest BCUT2D eigenvalue weighted by molar-refractivity contribution is -0.120. The molecule has 0 bridgehead atoms. The molecule has 0 saturated carbocycles. The summed E-state index contributed by atoms with van der Waals surface area (Å²) < 4.78 is 0. The Labute approximate surface area is 144 Å². The van der Waals surface area contributed by atoms with Crippen molar-refractivity contribution >= 4 is 24.0 Å². The van der Waals surface area contributed by atoms with Crippen molar-refractivity contribution in [2.75, 3.05) is 37.6 Å². The van der Waals surface area contributed by atoms with Crippen molar-refractivity contribution in [3.8, 4) is 0 Å². The number of likely N-dealkylation sites (tertiary alicyclic amines) is 1. The largest absolute Gasteiger partial charge is 0.314 e. The van der Waals surface area contributed by atoms with Gasteiger partial charge in [0.1, 0.15) is 0 Å². The molecule has 2 unspecified atom stereocenters. The van der Waals surface area contributed by atoms with E-state index >= 15 is 0 Å². The number of rotatable bonds is 2. The Kier molecular flexibility index (Phi) is 5.24. The van der Waals surface area contributed by atoms with Crippen molar-refractivity contribution in [1.82, 2.24) is 10.2 Å². The molecule has 0 spiro atoms. The fourth-order valence-electron chi connectivity index (χ4n) is 4.34. The molecule has 3 aliphatic heterocycles. The molecule has 1 aromatic rings. The maximum Gasteiger partial charge on any atom is 0.241 e. The number of amides is 1. The van der Waals surface area contributed by atoms with Gasteiger partial charge in [-0.05, 0) is 49.8 Å². The van der Waals surface area contributed by atoms with Crippen LogP contribution >= 0.6 is 12.4 Å². The summed E-state index contributed by atoms with van der Waals surface area (Å²) in [6.07, 6.45) is 4.63. The van der Waals surface area contributed by atoms with Gasteiger partial charge >= 0.3 is 0 Å². The van der Waals surface area contributed by atoms with Gasteiger partial charge < -0.3 is 10.2 Å². The topological polar surface area (TPSA) is 35.6 Å². The molecule has 0 radical (unpaired) electrons. The highest BCUT2D eigenvalue weighted by Crippen LogP contribution is 2.28. The average Bonchev–Trinajstić information content (AvgIpc) is 3.02. The Balaban J connectivity index is 0.00000156. The van der Waals surface area contributed by atoms with Gasteiger partial charge in [-0.3, -0.25) is 9.69 Å². The summed E-state index contributed by atoms with van der Waals surface area (Å²) in [4.78, 5) is 17.2. The average molecular weight is 336 g/mol. The Bertz CT molecular complexity index is 565. The van der Waals surface area contributed by atoms with Crippen LogP contribution in [0.4, 0.5) is 5.69 Å². The van der Waals surface area contributed by atoms with Gasteiger partial charge in [0, 0.05) is 31.4 Å². The van der Waals surface area contributed by atoms with Crippen LogP contribution in [0.1, 0.15) is 24.8 Å². The van der Waals surface area contributed by atoms with Crippen molar-refractivity contribution in [2.24, 2.45) is 5.92 Å². The minimum Gasteiger partial charge on any atom is -0.314 e. The third kappa shape index (κ3) is 3.39.